The molecule has 3 aliphatic rings. The van der Waals surface area contributed by atoms with E-state index in [1.165, 1.54) is 6.92 Å². The Kier molecular flexibility index (Phi) is 9.97. The summed E-state index contributed by atoms with van der Waals surface area (Å²) >= 11 is 0. The van der Waals surface area contributed by atoms with Crippen molar-refractivity contribution >= 4 is 5.91 Å². The molecule has 0 aromatic carbocycles. The molecule has 0 unspecified atom stereocenters. The first-order chi connectivity index (χ1) is 16.9. The third-order valence-corrected chi connectivity index (χ3v) is 6.45. The molecule has 210 valence electrons. The summed E-state index contributed by atoms with van der Waals surface area (Å²) < 4.78 is 27.5. The molecule has 3 saturated heterocycles. The number of aliphatic hydroxyl groups is 9. The zero-order valence-corrected chi connectivity index (χ0v) is 19.5. The number of hydrogen-bond donors (Lipinski definition) is 10. The molecule has 0 saturated carbocycles. The van der Waals surface area contributed by atoms with Crippen molar-refractivity contribution in [3.63, 3.8) is 0 Å². The Hall–Kier alpha value is -1.09. The van der Waals surface area contributed by atoms with E-state index in [2.05, 4.69) is 5.32 Å². The summed E-state index contributed by atoms with van der Waals surface area (Å²) in [6, 6.07) is -1.38. The van der Waals surface area contributed by atoms with Crippen molar-refractivity contribution in [2.75, 3.05) is 13.2 Å². The fraction of sp³-hybridized carbons (Fsp3) is 0.950. The average molecular weight is 529 g/mol. The van der Waals surface area contributed by atoms with Gasteiger partial charge in [0.1, 0.15) is 67.1 Å². The van der Waals surface area contributed by atoms with Gasteiger partial charge in [-0.15, -0.1) is 0 Å². The molecule has 0 aromatic rings. The summed E-state index contributed by atoms with van der Waals surface area (Å²) in [4.78, 5) is 12.0. The van der Waals surface area contributed by atoms with Crippen molar-refractivity contribution in [1.82, 2.24) is 5.32 Å². The highest BCUT2D eigenvalue weighted by molar-refractivity contribution is 5.73. The third-order valence-electron chi connectivity index (χ3n) is 6.45. The summed E-state index contributed by atoms with van der Waals surface area (Å²) in [6.07, 6.45) is -21.8. The van der Waals surface area contributed by atoms with E-state index < -0.39 is 111 Å². The number of hydrogen-bond acceptors (Lipinski definition) is 15. The lowest BCUT2D eigenvalue weighted by molar-refractivity contribution is -0.361. The standard InChI is InChI=1S/C20H35NO15/c1-5-16(13(28)14(29)18(31)32-5)35-19-9(21-6(2)24)17(11(26)8(4-23)33-19)36-20-15(30)12(27)10(25)7(3-22)34-20/h5,7-20,22-23,25-31H,3-4H2,1-2H3,(H,21,24)/t5-,7+,8+,9+,10-,11+,12-,13-,14-,15+,16+,17+,18+,19-,20-/m0/s1. The lowest BCUT2D eigenvalue weighted by atomic mass is 9.94. The smallest absolute Gasteiger partial charge is 0.217 e. The lowest BCUT2D eigenvalue weighted by Gasteiger charge is -2.49. The van der Waals surface area contributed by atoms with Gasteiger partial charge in [-0.3, -0.25) is 4.79 Å². The Balaban J connectivity index is 1.88. The molecule has 16 nitrogen and oxygen atoms in total. The summed E-state index contributed by atoms with van der Waals surface area (Å²) in [5, 5.41) is 92.9. The SMILES string of the molecule is CC(=O)N[C@H]1[C@H](O[C@H]2[C@@H](O)[C@H](O)[C@H](O)O[C@H]2C)O[C@H](CO)[C@@H](O)[C@@H]1O[C@@H]1O[C@H](CO)[C@H](O)[C@H](O)[C@H]1O. The Morgan fingerprint density at radius 3 is 1.86 bits per heavy atom. The molecule has 0 aliphatic carbocycles. The predicted molar refractivity (Wildman–Crippen MR) is 111 cm³/mol. The number of amides is 1. The van der Waals surface area contributed by atoms with Crippen LogP contribution in [-0.4, -0.2) is 157 Å². The van der Waals surface area contributed by atoms with Crippen LogP contribution in [-0.2, 0) is 28.5 Å². The van der Waals surface area contributed by atoms with E-state index in [9.17, 15) is 50.8 Å². The number of aliphatic hydroxyl groups excluding tert-OH is 9. The van der Waals surface area contributed by atoms with Gasteiger partial charge in [0, 0.05) is 6.92 Å². The Bertz CT molecular complexity index is 729. The van der Waals surface area contributed by atoms with Crippen LogP contribution in [0.15, 0.2) is 0 Å². The largest absolute Gasteiger partial charge is 0.394 e. The molecule has 15 atom stereocenters. The van der Waals surface area contributed by atoms with Gasteiger partial charge < -0.3 is 75.0 Å². The average Bonchev–Trinajstić information content (AvgIpc) is 2.83. The lowest BCUT2D eigenvalue weighted by Crippen LogP contribution is -2.69. The maximum Gasteiger partial charge on any atom is 0.217 e. The number of carbonyl (C=O) groups is 1. The number of ether oxygens (including phenoxy) is 5. The summed E-state index contributed by atoms with van der Waals surface area (Å²) in [6.45, 7) is 1.06. The van der Waals surface area contributed by atoms with Crippen LogP contribution in [0, 0.1) is 0 Å². The fourth-order valence-corrected chi connectivity index (χ4v) is 4.43. The van der Waals surface area contributed by atoms with Gasteiger partial charge in [-0.05, 0) is 6.92 Å². The van der Waals surface area contributed by atoms with E-state index in [1.54, 1.807) is 0 Å². The number of nitrogens with one attached hydrogen (secondary N) is 1. The first-order valence-corrected chi connectivity index (χ1v) is 11.4. The van der Waals surface area contributed by atoms with Crippen LogP contribution in [0.2, 0.25) is 0 Å². The predicted octanol–water partition coefficient (Wildman–Crippen LogP) is -6.40. The molecule has 0 aromatic heterocycles. The van der Waals surface area contributed by atoms with Crippen LogP contribution in [0.4, 0.5) is 0 Å². The zero-order valence-electron chi connectivity index (χ0n) is 19.5. The summed E-state index contributed by atoms with van der Waals surface area (Å²) in [5.41, 5.74) is 0. The second-order valence-corrected chi connectivity index (χ2v) is 9.05. The molecule has 0 radical (unpaired) electrons. The van der Waals surface area contributed by atoms with Crippen LogP contribution in [0.1, 0.15) is 13.8 Å². The van der Waals surface area contributed by atoms with Crippen molar-refractivity contribution in [2.45, 2.75) is 106 Å². The minimum absolute atomic E-state index is 0.641. The van der Waals surface area contributed by atoms with Gasteiger partial charge in [-0.25, -0.2) is 0 Å². The van der Waals surface area contributed by atoms with Gasteiger partial charge >= 0.3 is 0 Å². The quantitative estimate of drug-likeness (QED) is 0.147. The maximum atomic E-state index is 12.0. The molecule has 36 heavy (non-hydrogen) atoms. The molecule has 3 aliphatic heterocycles. The van der Waals surface area contributed by atoms with E-state index in [0.29, 0.717) is 0 Å². The number of rotatable bonds is 7. The first-order valence-electron chi connectivity index (χ1n) is 11.4. The molecule has 0 spiro atoms. The highest BCUT2D eigenvalue weighted by Gasteiger charge is 2.53. The van der Waals surface area contributed by atoms with Crippen LogP contribution in [0.25, 0.3) is 0 Å². The molecule has 10 N–H and O–H groups in total. The molecule has 3 fully saturated rings. The van der Waals surface area contributed by atoms with Crippen molar-refractivity contribution < 1.29 is 74.4 Å². The molecule has 0 bridgehead atoms. The monoisotopic (exact) mass is 529 g/mol. The van der Waals surface area contributed by atoms with E-state index in [4.69, 9.17) is 23.7 Å². The molecule has 16 heteroatoms. The van der Waals surface area contributed by atoms with E-state index >= 15 is 0 Å². The Morgan fingerprint density at radius 2 is 1.28 bits per heavy atom. The van der Waals surface area contributed by atoms with E-state index in [0.717, 1.165) is 6.92 Å². The van der Waals surface area contributed by atoms with Gasteiger partial charge in [0.05, 0.1) is 19.3 Å². The van der Waals surface area contributed by atoms with Crippen LogP contribution in [0.5, 0.6) is 0 Å². The number of carbonyl (C=O) groups excluding carboxylic acids is 1. The van der Waals surface area contributed by atoms with Gasteiger partial charge in [-0.2, -0.15) is 0 Å². The van der Waals surface area contributed by atoms with Crippen molar-refractivity contribution in [3.8, 4) is 0 Å². The normalized spacial score (nSPS) is 50.0. The molecule has 1 amide bonds. The topological polar surface area (TPSA) is 257 Å². The van der Waals surface area contributed by atoms with Crippen molar-refractivity contribution in [1.29, 1.82) is 0 Å². The summed E-state index contributed by atoms with van der Waals surface area (Å²) in [5.74, 6) is -0.641. The highest BCUT2D eigenvalue weighted by atomic mass is 16.7. The van der Waals surface area contributed by atoms with Crippen LogP contribution < -0.4 is 5.32 Å². The van der Waals surface area contributed by atoms with Gasteiger partial charge in [0.25, 0.3) is 0 Å². The minimum Gasteiger partial charge on any atom is -0.394 e. The fourth-order valence-electron chi connectivity index (χ4n) is 4.43. The van der Waals surface area contributed by atoms with Gasteiger partial charge in [0.2, 0.25) is 5.91 Å². The second-order valence-electron chi connectivity index (χ2n) is 9.05. The Labute approximate surface area is 205 Å². The van der Waals surface area contributed by atoms with Crippen LogP contribution >= 0.6 is 0 Å². The maximum absolute atomic E-state index is 12.0. The van der Waals surface area contributed by atoms with Crippen molar-refractivity contribution in [2.24, 2.45) is 0 Å². The van der Waals surface area contributed by atoms with E-state index in [-0.39, 0.29) is 0 Å². The van der Waals surface area contributed by atoms with Crippen LogP contribution in [0.3, 0.4) is 0 Å². The van der Waals surface area contributed by atoms with Gasteiger partial charge in [0.15, 0.2) is 18.9 Å². The molecule has 3 rings (SSSR count). The second kappa shape index (κ2) is 12.2. The first kappa shape index (κ1) is 29.5. The highest BCUT2D eigenvalue weighted by Crippen LogP contribution is 2.32. The van der Waals surface area contributed by atoms with Crippen molar-refractivity contribution in [3.05, 3.63) is 0 Å². The molecule has 3 heterocycles. The molecular weight excluding hydrogens is 494 g/mol. The summed E-state index contributed by atoms with van der Waals surface area (Å²) in [7, 11) is 0. The zero-order chi connectivity index (χ0) is 26.9. The van der Waals surface area contributed by atoms with E-state index in [1.807, 2.05) is 0 Å². The van der Waals surface area contributed by atoms with Gasteiger partial charge in [-0.1, -0.05) is 0 Å². The third kappa shape index (κ3) is 5.97. The minimum atomic E-state index is -1.84. The molecular formula is C20H35NO15. The Morgan fingerprint density at radius 1 is 0.722 bits per heavy atom.